The zero-order valence-electron chi connectivity index (χ0n) is 9.63. The number of hydrogen-bond acceptors (Lipinski definition) is 3. The van der Waals surface area contributed by atoms with Crippen LogP contribution in [0.15, 0.2) is 12.7 Å². The van der Waals surface area contributed by atoms with Crippen molar-refractivity contribution in [3.63, 3.8) is 0 Å². The fourth-order valence-electron chi connectivity index (χ4n) is 1.34. The number of rotatable bonds is 11. The zero-order chi connectivity index (χ0) is 10.8. The molecule has 1 aliphatic rings. The lowest BCUT2D eigenvalue weighted by Gasteiger charge is -2.05. The van der Waals surface area contributed by atoms with E-state index in [0.29, 0.717) is 0 Å². The summed E-state index contributed by atoms with van der Waals surface area (Å²) in [6, 6.07) is 0. The first kappa shape index (κ1) is 12.7. The van der Waals surface area contributed by atoms with Gasteiger partial charge in [0.15, 0.2) is 0 Å². The van der Waals surface area contributed by atoms with Gasteiger partial charge in [-0.25, -0.2) is 0 Å². The molecule has 88 valence electrons. The van der Waals surface area contributed by atoms with E-state index in [-0.39, 0.29) is 0 Å². The van der Waals surface area contributed by atoms with Crippen molar-refractivity contribution in [2.75, 3.05) is 39.4 Å². The molecular formula is C12H24N2O. The maximum Gasteiger partial charge on any atom is 0.0494 e. The van der Waals surface area contributed by atoms with E-state index in [4.69, 9.17) is 4.74 Å². The van der Waals surface area contributed by atoms with Crippen molar-refractivity contribution < 1.29 is 4.74 Å². The molecule has 1 saturated carbocycles. The van der Waals surface area contributed by atoms with Crippen molar-refractivity contribution in [3.8, 4) is 0 Å². The molecule has 3 nitrogen and oxygen atoms in total. The van der Waals surface area contributed by atoms with Gasteiger partial charge < -0.3 is 15.4 Å². The predicted molar refractivity (Wildman–Crippen MR) is 64.1 cm³/mol. The van der Waals surface area contributed by atoms with Crippen LogP contribution in [-0.2, 0) is 4.74 Å². The minimum atomic E-state index is 0.890. The molecule has 1 aliphatic carbocycles. The van der Waals surface area contributed by atoms with Gasteiger partial charge in [-0.15, -0.1) is 6.58 Å². The van der Waals surface area contributed by atoms with Crippen molar-refractivity contribution in [2.45, 2.75) is 19.3 Å². The third-order valence-corrected chi connectivity index (χ3v) is 2.46. The summed E-state index contributed by atoms with van der Waals surface area (Å²) in [7, 11) is 0. The van der Waals surface area contributed by atoms with Crippen molar-refractivity contribution >= 4 is 0 Å². The molecule has 0 atom stereocenters. The molecule has 1 rings (SSSR count). The number of hydrogen-bond donors (Lipinski definition) is 2. The maximum absolute atomic E-state index is 5.53. The lowest BCUT2D eigenvalue weighted by atomic mass is 10.4. The molecule has 0 amide bonds. The van der Waals surface area contributed by atoms with Gasteiger partial charge >= 0.3 is 0 Å². The molecule has 0 aromatic heterocycles. The summed E-state index contributed by atoms with van der Waals surface area (Å²) in [5.41, 5.74) is 0. The summed E-state index contributed by atoms with van der Waals surface area (Å²) in [5, 5.41) is 6.62. The Hall–Kier alpha value is -0.380. The van der Waals surface area contributed by atoms with Crippen molar-refractivity contribution in [2.24, 2.45) is 5.92 Å². The molecule has 0 bridgehead atoms. The Morgan fingerprint density at radius 1 is 1.20 bits per heavy atom. The lowest BCUT2D eigenvalue weighted by Crippen LogP contribution is -2.28. The second-order valence-corrected chi connectivity index (χ2v) is 4.11. The van der Waals surface area contributed by atoms with Gasteiger partial charge in [-0.05, 0) is 31.7 Å². The van der Waals surface area contributed by atoms with Gasteiger partial charge in [-0.3, -0.25) is 0 Å². The number of nitrogens with one attached hydrogen (secondary N) is 2. The van der Waals surface area contributed by atoms with Crippen LogP contribution in [0.1, 0.15) is 19.3 Å². The van der Waals surface area contributed by atoms with Gasteiger partial charge in [-0.1, -0.05) is 6.08 Å². The fourth-order valence-corrected chi connectivity index (χ4v) is 1.34. The highest BCUT2D eigenvalue weighted by Gasteiger charge is 2.20. The van der Waals surface area contributed by atoms with Crippen LogP contribution in [0.3, 0.4) is 0 Å². The molecule has 0 heterocycles. The third kappa shape index (κ3) is 8.60. The van der Waals surface area contributed by atoms with Gasteiger partial charge in [0, 0.05) is 32.8 Å². The highest BCUT2D eigenvalue weighted by molar-refractivity contribution is 4.72. The van der Waals surface area contributed by atoms with Crippen molar-refractivity contribution in [3.05, 3.63) is 12.7 Å². The van der Waals surface area contributed by atoms with E-state index in [1.165, 1.54) is 12.8 Å². The lowest BCUT2D eigenvalue weighted by molar-refractivity contribution is 0.122. The molecule has 1 fully saturated rings. The topological polar surface area (TPSA) is 33.3 Å². The van der Waals surface area contributed by atoms with Crippen LogP contribution in [0.2, 0.25) is 0 Å². The Labute approximate surface area is 93.3 Å². The van der Waals surface area contributed by atoms with E-state index in [9.17, 15) is 0 Å². The van der Waals surface area contributed by atoms with Crippen LogP contribution in [0.25, 0.3) is 0 Å². The van der Waals surface area contributed by atoms with Crippen LogP contribution in [0.5, 0.6) is 0 Å². The minimum Gasteiger partial charge on any atom is -0.381 e. The van der Waals surface area contributed by atoms with E-state index >= 15 is 0 Å². The summed E-state index contributed by atoms with van der Waals surface area (Å²) in [5.74, 6) is 0.890. The van der Waals surface area contributed by atoms with Crippen molar-refractivity contribution in [1.82, 2.24) is 10.6 Å². The molecule has 2 N–H and O–H groups in total. The minimum absolute atomic E-state index is 0.890. The first-order valence-corrected chi connectivity index (χ1v) is 6.03. The molecule has 0 radical (unpaired) electrons. The molecule has 0 aromatic rings. The highest BCUT2D eigenvalue weighted by Crippen LogP contribution is 2.28. The molecular weight excluding hydrogens is 188 g/mol. The number of ether oxygens (including phenoxy) is 1. The van der Waals surface area contributed by atoms with E-state index in [1.54, 1.807) is 0 Å². The van der Waals surface area contributed by atoms with Crippen LogP contribution in [-0.4, -0.2) is 39.4 Å². The molecule has 0 unspecified atom stereocenters. The van der Waals surface area contributed by atoms with E-state index < -0.39 is 0 Å². The van der Waals surface area contributed by atoms with E-state index in [0.717, 1.165) is 51.7 Å². The Morgan fingerprint density at radius 3 is 2.73 bits per heavy atom. The SMILES string of the molecule is C=CCNCCNCCCOCC1CC1. The first-order valence-electron chi connectivity index (χ1n) is 6.03. The monoisotopic (exact) mass is 212 g/mol. The summed E-state index contributed by atoms with van der Waals surface area (Å²) < 4.78 is 5.53. The second kappa shape index (κ2) is 8.89. The van der Waals surface area contributed by atoms with Crippen LogP contribution in [0, 0.1) is 5.92 Å². The smallest absolute Gasteiger partial charge is 0.0494 e. The molecule has 15 heavy (non-hydrogen) atoms. The fraction of sp³-hybridized carbons (Fsp3) is 0.833. The van der Waals surface area contributed by atoms with Crippen LogP contribution >= 0.6 is 0 Å². The van der Waals surface area contributed by atoms with E-state index in [1.807, 2.05) is 6.08 Å². The van der Waals surface area contributed by atoms with Gasteiger partial charge in [0.25, 0.3) is 0 Å². The van der Waals surface area contributed by atoms with E-state index in [2.05, 4.69) is 17.2 Å². The summed E-state index contributed by atoms with van der Waals surface area (Å²) in [6.45, 7) is 9.53. The molecule has 0 saturated heterocycles. The predicted octanol–water partition coefficient (Wildman–Crippen LogP) is 1.17. The first-order chi connectivity index (χ1) is 7.43. The second-order valence-electron chi connectivity index (χ2n) is 4.11. The van der Waals surface area contributed by atoms with Gasteiger partial charge in [0.2, 0.25) is 0 Å². The average Bonchev–Trinajstić information content (AvgIpc) is 3.05. The molecule has 0 aromatic carbocycles. The zero-order valence-corrected chi connectivity index (χ0v) is 9.63. The average molecular weight is 212 g/mol. The van der Waals surface area contributed by atoms with Crippen LogP contribution < -0.4 is 10.6 Å². The van der Waals surface area contributed by atoms with Gasteiger partial charge in [0.05, 0.1) is 0 Å². The summed E-state index contributed by atoms with van der Waals surface area (Å²) >= 11 is 0. The Balaban J connectivity index is 1.63. The molecule has 0 aliphatic heterocycles. The summed E-state index contributed by atoms with van der Waals surface area (Å²) in [4.78, 5) is 0. The Kier molecular flexibility index (Phi) is 7.52. The van der Waals surface area contributed by atoms with Gasteiger partial charge in [0.1, 0.15) is 0 Å². The third-order valence-electron chi connectivity index (χ3n) is 2.46. The van der Waals surface area contributed by atoms with Gasteiger partial charge in [-0.2, -0.15) is 0 Å². The molecule has 3 heteroatoms. The Morgan fingerprint density at radius 2 is 2.00 bits per heavy atom. The normalized spacial score (nSPS) is 15.5. The van der Waals surface area contributed by atoms with Crippen LogP contribution in [0.4, 0.5) is 0 Å². The quantitative estimate of drug-likeness (QED) is 0.398. The maximum atomic E-state index is 5.53. The Bertz CT molecular complexity index is 158. The largest absolute Gasteiger partial charge is 0.381 e. The highest BCUT2D eigenvalue weighted by atomic mass is 16.5. The molecule has 0 spiro atoms. The standard InChI is InChI=1S/C12H24N2O/c1-2-6-13-8-9-14-7-3-10-15-11-12-4-5-12/h2,12-14H,1,3-11H2. The van der Waals surface area contributed by atoms with Crippen molar-refractivity contribution in [1.29, 1.82) is 0 Å². The summed E-state index contributed by atoms with van der Waals surface area (Å²) in [6.07, 6.45) is 5.76.